The zero-order valence-corrected chi connectivity index (χ0v) is 18.9. The number of hydrogen-bond acceptors (Lipinski definition) is 7. The zero-order chi connectivity index (χ0) is 24.2. The van der Waals surface area contributed by atoms with E-state index < -0.39 is 17.7 Å². The molecular formula is C22H25F2N9O. The fraction of sp³-hybridized carbons (Fsp3) is 0.364. The van der Waals surface area contributed by atoms with Gasteiger partial charge in [0.1, 0.15) is 35.4 Å². The third kappa shape index (κ3) is 5.16. The van der Waals surface area contributed by atoms with Crippen LogP contribution in [0.5, 0.6) is 0 Å². The fourth-order valence-corrected chi connectivity index (χ4v) is 3.92. The van der Waals surface area contributed by atoms with E-state index in [1.165, 1.54) is 18.5 Å². The summed E-state index contributed by atoms with van der Waals surface area (Å²) in [6, 6.07) is 3.88. The second-order valence-electron chi connectivity index (χ2n) is 7.97. The molecule has 0 unspecified atom stereocenters. The van der Waals surface area contributed by atoms with Gasteiger partial charge in [0.2, 0.25) is 0 Å². The summed E-state index contributed by atoms with van der Waals surface area (Å²) in [4.78, 5) is 29.5. The summed E-state index contributed by atoms with van der Waals surface area (Å²) in [5, 5.41) is 14.5. The highest BCUT2D eigenvalue weighted by Gasteiger charge is 2.25. The summed E-state index contributed by atoms with van der Waals surface area (Å²) in [6.45, 7) is 5.62. The molecule has 4 rings (SSSR count). The van der Waals surface area contributed by atoms with E-state index in [1.54, 1.807) is 9.58 Å². The molecule has 10 nitrogen and oxygen atoms in total. The Hall–Kier alpha value is -3.96. The van der Waals surface area contributed by atoms with Gasteiger partial charge in [0.05, 0.1) is 6.04 Å². The van der Waals surface area contributed by atoms with Crippen LogP contribution >= 0.6 is 0 Å². The van der Waals surface area contributed by atoms with Crippen molar-refractivity contribution in [3.05, 3.63) is 59.4 Å². The first kappa shape index (κ1) is 23.2. The van der Waals surface area contributed by atoms with E-state index in [0.717, 1.165) is 23.9 Å². The highest BCUT2D eigenvalue weighted by molar-refractivity contribution is 5.75. The third-order valence-corrected chi connectivity index (χ3v) is 5.56. The van der Waals surface area contributed by atoms with Crippen LogP contribution in [-0.4, -0.2) is 68.1 Å². The Kier molecular flexibility index (Phi) is 6.75. The largest absolute Gasteiger partial charge is 0.353 e. The summed E-state index contributed by atoms with van der Waals surface area (Å²) in [5.74, 6) is 1.25. The smallest absolute Gasteiger partial charge is 0.318 e. The van der Waals surface area contributed by atoms with E-state index in [4.69, 9.17) is 5.41 Å². The van der Waals surface area contributed by atoms with Crippen molar-refractivity contribution >= 4 is 18.1 Å². The second kappa shape index (κ2) is 9.89. The molecule has 0 spiro atoms. The van der Waals surface area contributed by atoms with Crippen LogP contribution in [0.3, 0.4) is 0 Å². The number of carbonyl (C=O) groups is 1. The molecule has 2 amide bonds. The number of benzene rings is 1. The molecule has 3 aromatic rings. The normalized spacial score (nSPS) is 14.7. The molecule has 1 aromatic carbocycles. The van der Waals surface area contributed by atoms with Crippen LogP contribution in [0.2, 0.25) is 0 Å². The summed E-state index contributed by atoms with van der Waals surface area (Å²) in [7, 11) is 0. The lowest BCUT2D eigenvalue weighted by molar-refractivity contribution is 0.190. The molecular weight excluding hydrogens is 444 g/mol. The summed E-state index contributed by atoms with van der Waals surface area (Å²) in [5.41, 5.74) is 0.278. The van der Waals surface area contributed by atoms with Gasteiger partial charge in [0.15, 0.2) is 5.82 Å². The Morgan fingerprint density at radius 1 is 1.09 bits per heavy atom. The van der Waals surface area contributed by atoms with Crippen LogP contribution in [0.1, 0.15) is 29.7 Å². The van der Waals surface area contributed by atoms with Crippen LogP contribution in [0.15, 0.2) is 30.6 Å². The van der Waals surface area contributed by atoms with Gasteiger partial charge in [0.25, 0.3) is 0 Å². The minimum atomic E-state index is -0.728. The number of hydrogen-bond donors (Lipinski definition) is 2. The van der Waals surface area contributed by atoms with E-state index in [9.17, 15) is 13.6 Å². The molecule has 0 bridgehead atoms. The molecule has 1 atom stereocenters. The van der Waals surface area contributed by atoms with Crippen LogP contribution in [0.4, 0.5) is 19.4 Å². The van der Waals surface area contributed by atoms with Gasteiger partial charge in [-0.15, -0.1) is 5.10 Å². The maximum Gasteiger partial charge on any atom is 0.318 e. The molecule has 1 aliphatic heterocycles. The number of piperazine rings is 1. The van der Waals surface area contributed by atoms with Gasteiger partial charge in [0, 0.05) is 44.7 Å². The van der Waals surface area contributed by atoms with Gasteiger partial charge in [-0.1, -0.05) is 0 Å². The van der Waals surface area contributed by atoms with E-state index >= 15 is 0 Å². The average molecular weight is 470 g/mol. The maximum atomic E-state index is 13.6. The monoisotopic (exact) mass is 469 g/mol. The Morgan fingerprint density at radius 3 is 2.38 bits per heavy atom. The fourth-order valence-electron chi connectivity index (χ4n) is 3.92. The van der Waals surface area contributed by atoms with Crippen molar-refractivity contribution < 1.29 is 13.6 Å². The molecule has 0 saturated carbocycles. The predicted molar refractivity (Wildman–Crippen MR) is 121 cm³/mol. The SMILES string of the molecule is Cc1nc(C)n(-c2cc(N3CCN(C(=O)N[C@@H](CC=N)c4cc(F)cc(F)c4)CC3)ncn2)n1. The lowest BCUT2D eigenvalue weighted by atomic mass is 10.0. The number of nitrogens with zero attached hydrogens (tertiary/aromatic N) is 7. The number of aryl methyl sites for hydroxylation is 2. The van der Waals surface area contributed by atoms with Crippen molar-refractivity contribution in [1.29, 1.82) is 5.41 Å². The number of nitrogens with one attached hydrogen (secondary N) is 2. The summed E-state index contributed by atoms with van der Waals surface area (Å²) < 4.78 is 28.9. The second-order valence-corrected chi connectivity index (χ2v) is 7.97. The number of halogens is 2. The standard InChI is InChI=1S/C22H25F2N9O/c1-14-28-15(2)33(30-14)21-12-20(26-13-27-21)31-5-7-32(8-6-31)22(34)29-19(3-4-25)16-9-17(23)11-18(24)10-16/h4,9-13,19,25H,3,5-8H2,1-2H3,(H,29,34)/t19-/m0/s1. The molecule has 34 heavy (non-hydrogen) atoms. The molecule has 2 aromatic heterocycles. The van der Waals surface area contributed by atoms with Gasteiger partial charge in [-0.05, 0) is 37.8 Å². The Labute approximate surface area is 195 Å². The van der Waals surface area contributed by atoms with Crippen molar-refractivity contribution in [3.63, 3.8) is 0 Å². The van der Waals surface area contributed by atoms with Crippen molar-refractivity contribution in [2.75, 3.05) is 31.1 Å². The minimum Gasteiger partial charge on any atom is -0.353 e. The molecule has 3 heterocycles. The van der Waals surface area contributed by atoms with Gasteiger partial charge in [-0.25, -0.2) is 28.5 Å². The number of carbonyl (C=O) groups excluding carboxylic acids is 1. The van der Waals surface area contributed by atoms with Crippen LogP contribution in [-0.2, 0) is 0 Å². The lowest BCUT2D eigenvalue weighted by Gasteiger charge is -2.36. The molecule has 0 radical (unpaired) electrons. The molecule has 1 saturated heterocycles. The van der Waals surface area contributed by atoms with Crippen LogP contribution in [0, 0.1) is 30.9 Å². The van der Waals surface area contributed by atoms with Gasteiger partial charge >= 0.3 is 6.03 Å². The molecule has 1 fully saturated rings. The highest BCUT2D eigenvalue weighted by Crippen LogP contribution is 2.20. The average Bonchev–Trinajstić information content (AvgIpc) is 3.16. The first-order chi connectivity index (χ1) is 16.3. The van der Waals surface area contributed by atoms with E-state index in [1.807, 2.05) is 24.8 Å². The van der Waals surface area contributed by atoms with Gasteiger partial charge in [-0.2, -0.15) is 4.68 Å². The predicted octanol–water partition coefficient (Wildman–Crippen LogP) is 2.56. The minimum absolute atomic E-state index is 0.124. The highest BCUT2D eigenvalue weighted by atomic mass is 19.1. The Bertz CT molecular complexity index is 1170. The zero-order valence-electron chi connectivity index (χ0n) is 18.9. The van der Waals surface area contributed by atoms with E-state index in [2.05, 4.69) is 25.4 Å². The van der Waals surface area contributed by atoms with Crippen molar-refractivity contribution in [3.8, 4) is 5.82 Å². The molecule has 0 aliphatic carbocycles. The van der Waals surface area contributed by atoms with Gasteiger partial charge in [-0.3, -0.25) is 0 Å². The van der Waals surface area contributed by atoms with E-state index in [0.29, 0.717) is 37.8 Å². The maximum absolute atomic E-state index is 13.6. The van der Waals surface area contributed by atoms with Crippen molar-refractivity contribution in [2.24, 2.45) is 0 Å². The van der Waals surface area contributed by atoms with E-state index in [-0.39, 0.29) is 18.0 Å². The number of rotatable bonds is 6. The Balaban J connectivity index is 1.40. The first-order valence-electron chi connectivity index (χ1n) is 10.8. The van der Waals surface area contributed by atoms with Crippen molar-refractivity contribution in [1.82, 2.24) is 34.9 Å². The number of amides is 2. The molecule has 178 valence electrons. The van der Waals surface area contributed by atoms with Gasteiger partial charge < -0.3 is 20.5 Å². The molecule has 1 aliphatic rings. The number of anilines is 1. The number of urea groups is 1. The van der Waals surface area contributed by atoms with Crippen molar-refractivity contribution in [2.45, 2.75) is 26.3 Å². The Morgan fingerprint density at radius 2 is 1.76 bits per heavy atom. The number of aromatic nitrogens is 5. The third-order valence-electron chi connectivity index (χ3n) is 5.56. The molecule has 12 heteroatoms. The quantitative estimate of drug-likeness (QED) is 0.536. The summed E-state index contributed by atoms with van der Waals surface area (Å²) >= 11 is 0. The summed E-state index contributed by atoms with van der Waals surface area (Å²) in [6.07, 6.45) is 2.70. The van der Waals surface area contributed by atoms with Crippen LogP contribution in [0.25, 0.3) is 5.82 Å². The molecule has 2 N–H and O–H groups in total. The lowest BCUT2D eigenvalue weighted by Crippen LogP contribution is -2.52. The van der Waals surface area contributed by atoms with Crippen LogP contribution < -0.4 is 10.2 Å². The topological polar surface area (TPSA) is 116 Å². The first-order valence-corrected chi connectivity index (χ1v) is 10.8.